The number of benzene rings is 1. The van der Waals surface area contributed by atoms with Gasteiger partial charge in [-0.15, -0.1) is 24.0 Å². The summed E-state index contributed by atoms with van der Waals surface area (Å²) in [7, 11) is 0. The van der Waals surface area contributed by atoms with E-state index in [4.69, 9.17) is 5.73 Å². The van der Waals surface area contributed by atoms with Gasteiger partial charge >= 0.3 is 0 Å². The monoisotopic (exact) mass is 461 g/mol. The van der Waals surface area contributed by atoms with Crippen LogP contribution < -0.4 is 11.1 Å². The summed E-state index contributed by atoms with van der Waals surface area (Å²) in [5.74, 6) is 0.456. The van der Waals surface area contributed by atoms with Crippen LogP contribution in [0.3, 0.4) is 0 Å². The van der Waals surface area contributed by atoms with E-state index < -0.39 is 0 Å². The number of aliphatic imine (C=N–C) groups is 1. The second-order valence-electron chi connectivity index (χ2n) is 6.63. The van der Waals surface area contributed by atoms with Crippen molar-refractivity contribution in [2.45, 2.75) is 32.6 Å². The SMILES string of the molecule is Cc1cccn2cc(CCN=C(N)Nc3ccc4c(c3)CCC4)nc12.I. The Morgan fingerprint density at radius 3 is 2.96 bits per heavy atom. The minimum absolute atomic E-state index is 0. The van der Waals surface area contributed by atoms with Gasteiger partial charge in [0.15, 0.2) is 5.96 Å². The molecule has 0 amide bonds. The number of pyridine rings is 1. The van der Waals surface area contributed by atoms with Gasteiger partial charge < -0.3 is 15.5 Å². The summed E-state index contributed by atoms with van der Waals surface area (Å²) in [6, 6.07) is 10.6. The first-order valence-electron chi connectivity index (χ1n) is 8.81. The Bertz CT molecular complexity index is 945. The van der Waals surface area contributed by atoms with Crippen LogP contribution in [0.1, 0.15) is 28.8 Å². The Morgan fingerprint density at radius 1 is 1.27 bits per heavy atom. The molecule has 1 aromatic carbocycles. The highest BCUT2D eigenvalue weighted by Crippen LogP contribution is 2.24. The third kappa shape index (κ3) is 4.00. The third-order valence-corrected chi connectivity index (χ3v) is 4.75. The van der Waals surface area contributed by atoms with E-state index >= 15 is 0 Å². The van der Waals surface area contributed by atoms with Crippen LogP contribution in [-0.2, 0) is 19.3 Å². The van der Waals surface area contributed by atoms with Gasteiger partial charge in [-0.2, -0.15) is 0 Å². The van der Waals surface area contributed by atoms with Crippen molar-refractivity contribution in [1.29, 1.82) is 0 Å². The minimum Gasteiger partial charge on any atom is -0.370 e. The van der Waals surface area contributed by atoms with Crippen molar-refractivity contribution in [3.05, 3.63) is 65.1 Å². The number of nitrogens with one attached hydrogen (secondary N) is 1. The number of aryl methyl sites for hydroxylation is 3. The molecule has 0 aliphatic heterocycles. The first-order valence-corrected chi connectivity index (χ1v) is 8.81. The summed E-state index contributed by atoms with van der Waals surface area (Å²) in [6.07, 6.45) is 8.45. The molecule has 2 aromatic heterocycles. The van der Waals surface area contributed by atoms with Crippen LogP contribution in [0.25, 0.3) is 5.65 Å². The molecule has 26 heavy (non-hydrogen) atoms. The van der Waals surface area contributed by atoms with Gasteiger partial charge in [0.05, 0.1) is 5.69 Å². The van der Waals surface area contributed by atoms with Crippen molar-refractivity contribution in [3.8, 4) is 0 Å². The average Bonchev–Trinajstić information content (AvgIpc) is 3.21. The molecule has 3 aromatic rings. The molecule has 2 heterocycles. The van der Waals surface area contributed by atoms with Gasteiger partial charge in [-0.3, -0.25) is 4.99 Å². The summed E-state index contributed by atoms with van der Waals surface area (Å²) in [6.45, 7) is 2.69. The van der Waals surface area contributed by atoms with Crippen molar-refractivity contribution in [3.63, 3.8) is 0 Å². The van der Waals surface area contributed by atoms with E-state index in [9.17, 15) is 0 Å². The molecule has 4 rings (SSSR count). The fourth-order valence-corrected chi connectivity index (χ4v) is 3.45. The number of halogens is 1. The molecule has 0 radical (unpaired) electrons. The molecule has 0 saturated heterocycles. The molecular formula is C20H24IN5. The molecule has 0 saturated carbocycles. The lowest BCUT2D eigenvalue weighted by Gasteiger charge is -2.07. The van der Waals surface area contributed by atoms with E-state index in [0.717, 1.165) is 29.9 Å². The van der Waals surface area contributed by atoms with Crippen LogP contribution in [0.4, 0.5) is 5.69 Å². The van der Waals surface area contributed by atoms with E-state index in [1.165, 1.54) is 29.5 Å². The Labute approximate surface area is 170 Å². The number of anilines is 1. The molecule has 0 spiro atoms. The molecule has 3 N–H and O–H groups in total. The smallest absolute Gasteiger partial charge is 0.193 e. The van der Waals surface area contributed by atoms with Gasteiger partial charge in [0.2, 0.25) is 0 Å². The molecule has 136 valence electrons. The largest absolute Gasteiger partial charge is 0.370 e. The molecule has 0 unspecified atom stereocenters. The van der Waals surface area contributed by atoms with Crippen molar-refractivity contribution in [1.82, 2.24) is 9.38 Å². The number of aromatic nitrogens is 2. The van der Waals surface area contributed by atoms with Gasteiger partial charge in [-0.25, -0.2) is 4.98 Å². The lowest BCUT2D eigenvalue weighted by atomic mass is 10.1. The van der Waals surface area contributed by atoms with Crippen molar-refractivity contribution in [2.75, 3.05) is 11.9 Å². The molecule has 1 aliphatic carbocycles. The van der Waals surface area contributed by atoms with Gasteiger partial charge in [-0.1, -0.05) is 12.1 Å². The Morgan fingerprint density at radius 2 is 2.12 bits per heavy atom. The lowest BCUT2D eigenvalue weighted by Crippen LogP contribution is -2.23. The highest BCUT2D eigenvalue weighted by atomic mass is 127. The average molecular weight is 461 g/mol. The highest BCUT2D eigenvalue weighted by Gasteiger charge is 2.10. The van der Waals surface area contributed by atoms with Crippen LogP contribution >= 0.6 is 24.0 Å². The molecule has 0 atom stereocenters. The molecule has 0 fully saturated rings. The quantitative estimate of drug-likeness (QED) is 0.354. The number of imidazole rings is 1. The van der Waals surface area contributed by atoms with Gasteiger partial charge in [0.1, 0.15) is 5.65 Å². The predicted octanol–water partition coefficient (Wildman–Crippen LogP) is 3.72. The molecular weight excluding hydrogens is 437 g/mol. The normalized spacial score (nSPS) is 13.5. The van der Waals surface area contributed by atoms with Crippen LogP contribution in [0, 0.1) is 6.92 Å². The maximum absolute atomic E-state index is 6.03. The van der Waals surface area contributed by atoms with Crippen LogP contribution in [0.2, 0.25) is 0 Å². The second kappa shape index (κ2) is 8.07. The zero-order valence-electron chi connectivity index (χ0n) is 14.9. The van der Waals surface area contributed by atoms with Crippen molar-refractivity contribution >= 4 is 41.3 Å². The number of hydrogen-bond acceptors (Lipinski definition) is 2. The van der Waals surface area contributed by atoms with E-state index in [2.05, 4.69) is 57.1 Å². The summed E-state index contributed by atoms with van der Waals surface area (Å²) in [5.41, 5.74) is 13.1. The van der Waals surface area contributed by atoms with Crippen LogP contribution in [0.5, 0.6) is 0 Å². The zero-order chi connectivity index (χ0) is 17.2. The Balaban J connectivity index is 0.00000196. The number of fused-ring (bicyclic) bond motifs is 2. The van der Waals surface area contributed by atoms with E-state index in [1.807, 2.05) is 12.3 Å². The first-order chi connectivity index (χ1) is 12.2. The second-order valence-corrected chi connectivity index (χ2v) is 6.63. The van der Waals surface area contributed by atoms with E-state index in [0.29, 0.717) is 12.5 Å². The Hall–Kier alpha value is -2.09. The standard InChI is InChI=1S/C20H23N5.HI/c1-14-4-3-11-25-13-18(23-19(14)25)9-10-22-20(21)24-17-8-7-15-5-2-6-16(15)12-17;/h3-4,7-8,11-13H,2,5-6,9-10H2,1H3,(H3,21,22,24);1H. The minimum atomic E-state index is 0. The maximum Gasteiger partial charge on any atom is 0.193 e. The summed E-state index contributed by atoms with van der Waals surface area (Å²) >= 11 is 0. The van der Waals surface area contributed by atoms with Crippen molar-refractivity contribution in [2.24, 2.45) is 10.7 Å². The zero-order valence-corrected chi connectivity index (χ0v) is 17.2. The van der Waals surface area contributed by atoms with Crippen LogP contribution in [0.15, 0.2) is 47.7 Å². The van der Waals surface area contributed by atoms with Gasteiger partial charge in [-0.05, 0) is 61.1 Å². The number of hydrogen-bond donors (Lipinski definition) is 2. The summed E-state index contributed by atoms with van der Waals surface area (Å²) < 4.78 is 2.06. The Kier molecular flexibility index (Phi) is 5.80. The third-order valence-electron chi connectivity index (χ3n) is 4.75. The van der Waals surface area contributed by atoms with Crippen LogP contribution in [-0.4, -0.2) is 21.9 Å². The number of nitrogens with zero attached hydrogens (tertiary/aromatic N) is 3. The predicted molar refractivity (Wildman–Crippen MR) is 118 cm³/mol. The first kappa shape index (κ1) is 18.7. The maximum atomic E-state index is 6.03. The number of guanidine groups is 1. The fourth-order valence-electron chi connectivity index (χ4n) is 3.45. The number of nitrogens with two attached hydrogens (primary N) is 1. The van der Waals surface area contributed by atoms with Gasteiger partial charge in [0.25, 0.3) is 0 Å². The number of rotatable bonds is 4. The van der Waals surface area contributed by atoms with E-state index in [1.54, 1.807) is 0 Å². The topological polar surface area (TPSA) is 67.7 Å². The van der Waals surface area contributed by atoms with E-state index in [-0.39, 0.29) is 24.0 Å². The summed E-state index contributed by atoms with van der Waals surface area (Å²) in [4.78, 5) is 9.10. The lowest BCUT2D eigenvalue weighted by molar-refractivity contribution is 0.912. The van der Waals surface area contributed by atoms with Crippen molar-refractivity contribution < 1.29 is 0 Å². The van der Waals surface area contributed by atoms with Gasteiger partial charge in [0, 0.05) is 31.0 Å². The molecule has 5 nitrogen and oxygen atoms in total. The fraction of sp³-hybridized carbons (Fsp3) is 0.300. The molecule has 6 heteroatoms. The molecule has 0 bridgehead atoms. The summed E-state index contributed by atoms with van der Waals surface area (Å²) in [5, 5.41) is 3.20. The highest BCUT2D eigenvalue weighted by molar-refractivity contribution is 14.0. The molecule has 1 aliphatic rings.